The molecule has 0 atom stereocenters. The van der Waals surface area contributed by atoms with Crippen LogP contribution >= 0.6 is 0 Å². The fourth-order valence-corrected chi connectivity index (χ4v) is 2.09. The maximum absolute atomic E-state index is 11.0. The summed E-state index contributed by atoms with van der Waals surface area (Å²) >= 11 is 0. The molecule has 0 unspecified atom stereocenters. The second-order valence-corrected chi connectivity index (χ2v) is 4.97. The average Bonchev–Trinajstić information content (AvgIpc) is 2.61. The van der Waals surface area contributed by atoms with Crippen molar-refractivity contribution in [3.8, 4) is 11.5 Å². The summed E-state index contributed by atoms with van der Waals surface area (Å²) in [5, 5.41) is 43.6. The predicted octanol–water partition coefficient (Wildman–Crippen LogP) is -3.44. The molecule has 0 radical (unpaired) electrons. The molecule has 0 fully saturated rings. The van der Waals surface area contributed by atoms with Gasteiger partial charge in [0.1, 0.15) is 11.5 Å². The van der Waals surface area contributed by atoms with Gasteiger partial charge in [-0.25, -0.2) is 0 Å². The summed E-state index contributed by atoms with van der Waals surface area (Å²) in [5.74, 6) is -7.08. The fraction of sp³-hybridized carbons (Fsp3) is 0.0588. The zero-order valence-electron chi connectivity index (χ0n) is 13.3. The lowest BCUT2D eigenvalue weighted by Gasteiger charge is -2.15. The molecule has 0 bridgehead atoms. The van der Waals surface area contributed by atoms with E-state index in [1.54, 1.807) is 0 Å². The van der Waals surface area contributed by atoms with Crippen LogP contribution in [0.3, 0.4) is 0 Å². The van der Waals surface area contributed by atoms with Crippen LogP contribution in [0.2, 0.25) is 0 Å². The van der Waals surface area contributed by atoms with Crippen molar-refractivity contribution < 1.29 is 49.1 Å². The summed E-state index contributed by atoms with van der Waals surface area (Å²) in [5.41, 5.74) is -2.52. The number of carboxylic acid groups (broad SMARTS) is 4. The van der Waals surface area contributed by atoms with Gasteiger partial charge in [0.05, 0.1) is 23.9 Å². The zero-order valence-corrected chi connectivity index (χ0v) is 13.3. The Morgan fingerprint density at radius 3 is 1.22 bits per heavy atom. The lowest BCUT2D eigenvalue weighted by Crippen LogP contribution is -2.30. The molecule has 2 aromatic rings. The number of ether oxygens (including phenoxy) is 2. The average molecular weight is 372 g/mol. The van der Waals surface area contributed by atoms with Gasteiger partial charge in [-0.15, -0.1) is 0 Å². The number of benzene rings is 2. The summed E-state index contributed by atoms with van der Waals surface area (Å²) in [6.45, 7) is -0.533. The van der Waals surface area contributed by atoms with Crippen LogP contribution in [0.5, 0.6) is 11.5 Å². The molecule has 0 heterocycles. The number of hydrogen-bond donors (Lipinski definition) is 0. The molecule has 140 valence electrons. The van der Waals surface area contributed by atoms with E-state index in [0.29, 0.717) is 0 Å². The van der Waals surface area contributed by atoms with E-state index in [-0.39, 0.29) is 11.5 Å². The molecule has 0 aliphatic rings. The first kappa shape index (κ1) is 19.2. The molecule has 0 saturated heterocycles. The smallest absolute Gasteiger partial charge is 0.230 e. The summed E-state index contributed by atoms with van der Waals surface area (Å²) < 4.78 is 10.2. The van der Waals surface area contributed by atoms with Crippen LogP contribution < -0.4 is 29.9 Å². The van der Waals surface area contributed by atoms with Crippen LogP contribution in [-0.4, -0.2) is 30.7 Å². The molecule has 10 heteroatoms. The minimum absolute atomic E-state index is 0.0781. The molecule has 0 spiro atoms. The molecule has 27 heavy (non-hydrogen) atoms. The van der Waals surface area contributed by atoms with Crippen molar-refractivity contribution in [3.63, 3.8) is 0 Å². The summed E-state index contributed by atoms with van der Waals surface area (Å²) in [6, 6.07) is 5.95. The fourth-order valence-electron chi connectivity index (χ4n) is 2.09. The van der Waals surface area contributed by atoms with Crippen molar-refractivity contribution in [2.45, 2.75) is 0 Å². The lowest BCUT2D eigenvalue weighted by atomic mass is 10.1. The molecule has 0 amide bonds. The Kier molecular flexibility index (Phi) is 5.61. The maximum atomic E-state index is 11.0. The molecular formula is C17H8O10-4. The Labute approximate surface area is 150 Å². The number of aromatic carboxylic acids is 4. The van der Waals surface area contributed by atoms with E-state index in [1.807, 2.05) is 0 Å². The molecular weight excluding hydrogens is 364 g/mol. The molecule has 2 rings (SSSR count). The Balaban J connectivity index is 2.13. The van der Waals surface area contributed by atoms with Crippen molar-refractivity contribution >= 4 is 23.9 Å². The first-order valence-electron chi connectivity index (χ1n) is 7.09. The van der Waals surface area contributed by atoms with Gasteiger partial charge in [0.25, 0.3) is 0 Å². The van der Waals surface area contributed by atoms with Crippen molar-refractivity contribution in [1.82, 2.24) is 0 Å². The summed E-state index contributed by atoms with van der Waals surface area (Å²) in [6.07, 6.45) is 0. The largest absolute Gasteiger partial charge is 0.545 e. The van der Waals surface area contributed by atoms with Crippen LogP contribution in [-0.2, 0) is 0 Å². The number of carboxylic acids is 4. The molecule has 0 N–H and O–H groups in total. The van der Waals surface area contributed by atoms with E-state index in [2.05, 4.69) is 0 Å². The van der Waals surface area contributed by atoms with E-state index in [0.717, 1.165) is 36.4 Å². The minimum Gasteiger partial charge on any atom is -0.545 e. The highest BCUT2D eigenvalue weighted by Crippen LogP contribution is 2.20. The van der Waals surface area contributed by atoms with Crippen LogP contribution in [0, 0.1) is 0 Å². The van der Waals surface area contributed by atoms with Gasteiger partial charge in [0.15, 0.2) is 0 Å². The van der Waals surface area contributed by atoms with Gasteiger partial charge in [-0.1, -0.05) is 0 Å². The zero-order chi connectivity index (χ0) is 20.1. The van der Waals surface area contributed by atoms with E-state index >= 15 is 0 Å². The summed E-state index contributed by atoms with van der Waals surface area (Å²) in [7, 11) is 0. The Bertz CT molecular complexity index is 856. The van der Waals surface area contributed by atoms with Crippen LogP contribution in [0.1, 0.15) is 41.4 Å². The van der Waals surface area contributed by atoms with Gasteiger partial charge >= 0.3 is 0 Å². The first-order valence-corrected chi connectivity index (χ1v) is 7.09. The predicted molar refractivity (Wildman–Crippen MR) is 76.3 cm³/mol. The monoisotopic (exact) mass is 372 g/mol. The number of hydrogen-bond acceptors (Lipinski definition) is 10. The minimum atomic E-state index is -1.75. The summed E-state index contributed by atoms with van der Waals surface area (Å²) in [4.78, 5) is 43.6. The Morgan fingerprint density at radius 1 is 0.593 bits per heavy atom. The second-order valence-electron chi connectivity index (χ2n) is 4.97. The van der Waals surface area contributed by atoms with Gasteiger partial charge < -0.3 is 49.1 Å². The van der Waals surface area contributed by atoms with Gasteiger partial charge in [0, 0.05) is 22.3 Å². The van der Waals surface area contributed by atoms with E-state index in [9.17, 15) is 39.6 Å². The third kappa shape index (κ3) is 4.51. The van der Waals surface area contributed by atoms with E-state index in [4.69, 9.17) is 9.47 Å². The van der Waals surface area contributed by atoms with Gasteiger partial charge in [-0.2, -0.15) is 0 Å². The number of carbonyl (C=O) groups is 4. The molecule has 0 aliphatic carbocycles. The molecule has 0 aliphatic heterocycles. The van der Waals surface area contributed by atoms with Crippen LogP contribution in [0.25, 0.3) is 0 Å². The molecule has 2 aromatic carbocycles. The lowest BCUT2D eigenvalue weighted by molar-refractivity contribution is -0.259. The highest BCUT2D eigenvalue weighted by atomic mass is 16.7. The second kappa shape index (κ2) is 7.87. The van der Waals surface area contributed by atoms with Crippen LogP contribution in [0.15, 0.2) is 36.4 Å². The Morgan fingerprint density at radius 2 is 0.926 bits per heavy atom. The van der Waals surface area contributed by atoms with Gasteiger partial charge in [-0.3, -0.25) is 0 Å². The van der Waals surface area contributed by atoms with Crippen molar-refractivity contribution in [1.29, 1.82) is 0 Å². The van der Waals surface area contributed by atoms with Crippen LogP contribution in [0.4, 0.5) is 0 Å². The highest BCUT2D eigenvalue weighted by molar-refractivity contribution is 6.01. The van der Waals surface area contributed by atoms with E-state index < -0.39 is 52.9 Å². The highest BCUT2D eigenvalue weighted by Gasteiger charge is 2.09. The van der Waals surface area contributed by atoms with Crippen molar-refractivity contribution in [2.75, 3.05) is 6.79 Å². The van der Waals surface area contributed by atoms with Gasteiger partial charge in [0.2, 0.25) is 6.79 Å². The molecule has 0 saturated carbocycles. The van der Waals surface area contributed by atoms with Crippen molar-refractivity contribution in [2.24, 2.45) is 0 Å². The number of rotatable bonds is 8. The topological polar surface area (TPSA) is 179 Å². The molecule has 0 aromatic heterocycles. The molecule has 10 nitrogen and oxygen atoms in total. The quantitative estimate of drug-likeness (QED) is 0.423. The normalized spacial score (nSPS) is 10.1. The third-order valence-corrected chi connectivity index (χ3v) is 3.31. The standard InChI is InChI=1S/C17H12O10/c18-14(19)10-3-1-8(5-12(10)16(22)23)26-7-27-9-2-4-11(15(20)21)13(6-9)17(24)25/h1-6H,7H2,(H,18,19)(H,20,21)(H,22,23)(H,24,25)/p-4. The van der Waals surface area contributed by atoms with E-state index in [1.165, 1.54) is 0 Å². The maximum Gasteiger partial charge on any atom is 0.230 e. The SMILES string of the molecule is O=C([O-])c1ccc(OCOc2ccc(C(=O)[O-])c(C(=O)[O-])c2)cc1C(=O)[O-]. The van der Waals surface area contributed by atoms with Gasteiger partial charge in [-0.05, 0) is 36.4 Å². The third-order valence-electron chi connectivity index (χ3n) is 3.31. The Hall–Kier alpha value is -4.08. The first-order chi connectivity index (χ1) is 12.7. The van der Waals surface area contributed by atoms with Crippen molar-refractivity contribution in [3.05, 3.63) is 58.7 Å². The number of carbonyl (C=O) groups excluding carboxylic acids is 4.